The number of aromatic nitrogens is 3. The number of pyridine rings is 1. The third-order valence-corrected chi connectivity index (χ3v) is 4.41. The van der Waals surface area contributed by atoms with E-state index in [1.54, 1.807) is 19.5 Å². The zero-order valence-electron chi connectivity index (χ0n) is 14.4. The number of ether oxygens (including phenoxy) is 1. The Kier molecular flexibility index (Phi) is 5.77. The lowest BCUT2D eigenvalue weighted by atomic mass is 9.93. The maximum atomic E-state index is 12.1. The van der Waals surface area contributed by atoms with Gasteiger partial charge in [0.15, 0.2) is 0 Å². The molecule has 1 fully saturated rings. The van der Waals surface area contributed by atoms with Gasteiger partial charge in [-0.1, -0.05) is 6.07 Å². The second-order valence-corrected chi connectivity index (χ2v) is 6.13. The topological polar surface area (TPSA) is 80.2 Å². The van der Waals surface area contributed by atoms with Crippen molar-refractivity contribution in [2.24, 2.45) is 5.92 Å². The van der Waals surface area contributed by atoms with Gasteiger partial charge in [0.05, 0.1) is 19.3 Å². The molecule has 0 aliphatic carbocycles. The van der Waals surface area contributed by atoms with Crippen molar-refractivity contribution in [3.05, 3.63) is 42.4 Å². The van der Waals surface area contributed by atoms with Gasteiger partial charge in [-0.3, -0.25) is 9.78 Å². The van der Waals surface area contributed by atoms with E-state index in [1.807, 2.05) is 24.3 Å². The molecule has 1 aliphatic rings. The molecule has 0 spiro atoms. The molecule has 25 heavy (non-hydrogen) atoms. The second kappa shape index (κ2) is 8.41. The van der Waals surface area contributed by atoms with Gasteiger partial charge in [0.25, 0.3) is 0 Å². The van der Waals surface area contributed by atoms with E-state index in [1.165, 1.54) is 0 Å². The normalized spacial score (nSPS) is 15.0. The molecular formula is C18H23N5O2. The van der Waals surface area contributed by atoms with Gasteiger partial charge in [0.2, 0.25) is 5.91 Å². The molecular weight excluding hydrogens is 318 g/mol. The molecule has 1 aliphatic heterocycles. The monoisotopic (exact) mass is 341 g/mol. The Morgan fingerprint density at radius 1 is 1.24 bits per heavy atom. The van der Waals surface area contributed by atoms with Gasteiger partial charge in [-0.15, -0.1) is 0 Å². The van der Waals surface area contributed by atoms with Crippen LogP contribution in [0.3, 0.4) is 0 Å². The fourth-order valence-corrected chi connectivity index (χ4v) is 3.00. The largest absolute Gasteiger partial charge is 0.467 e. The minimum atomic E-state index is 0.0906. The van der Waals surface area contributed by atoms with Crippen LogP contribution in [-0.4, -0.2) is 41.1 Å². The fourth-order valence-electron chi connectivity index (χ4n) is 3.00. The van der Waals surface area contributed by atoms with Crippen LogP contribution in [0.4, 0.5) is 5.82 Å². The Balaban J connectivity index is 1.43. The van der Waals surface area contributed by atoms with Gasteiger partial charge in [-0.25, -0.2) is 4.98 Å². The molecule has 0 radical (unpaired) electrons. The summed E-state index contributed by atoms with van der Waals surface area (Å²) in [6, 6.07) is 7.98. The number of hydrogen-bond donors (Lipinski definition) is 1. The van der Waals surface area contributed by atoms with E-state index < -0.39 is 0 Å². The standard InChI is InChI=1S/C18H23N5O2/c1-25-18-20-9-5-16(22-18)23-10-6-14(7-11-23)12-17(24)21-13-15-4-2-3-8-19-15/h2-5,8-9,14H,6-7,10-13H2,1H3,(H,21,24). The minimum Gasteiger partial charge on any atom is -0.467 e. The van der Waals surface area contributed by atoms with Gasteiger partial charge >= 0.3 is 6.01 Å². The van der Waals surface area contributed by atoms with Gasteiger partial charge in [-0.2, -0.15) is 4.98 Å². The maximum Gasteiger partial charge on any atom is 0.318 e. The van der Waals surface area contributed by atoms with E-state index in [2.05, 4.69) is 25.2 Å². The number of rotatable bonds is 6. The molecule has 3 heterocycles. The first-order valence-electron chi connectivity index (χ1n) is 8.53. The summed E-state index contributed by atoms with van der Waals surface area (Å²) in [5.41, 5.74) is 0.878. The Hall–Kier alpha value is -2.70. The third kappa shape index (κ3) is 4.89. The summed E-state index contributed by atoms with van der Waals surface area (Å²) in [4.78, 5) is 27.0. The van der Waals surface area contributed by atoms with E-state index in [-0.39, 0.29) is 5.91 Å². The Morgan fingerprint density at radius 3 is 2.80 bits per heavy atom. The number of nitrogens with one attached hydrogen (secondary N) is 1. The number of carbonyl (C=O) groups is 1. The first-order valence-corrected chi connectivity index (χ1v) is 8.53. The lowest BCUT2D eigenvalue weighted by Crippen LogP contribution is -2.36. The lowest BCUT2D eigenvalue weighted by molar-refractivity contribution is -0.122. The molecule has 0 bridgehead atoms. The van der Waals surface area contributed by atoms with Crippen molar-refractivity contribution < 1.29 is 9.53 Å². The summed E-state index contributed by atoms with van der Waals surface area (Å²) < 4.78 is 5.08. The van der Waals surface area contributed by atoms with Crippen molar-refractivity contribution >= 4 is 11.7 Å². The molecule has 0 saturated carbocycles. The molecule has 2 aromatic heterocycles. The first-order chi connectivity index (χ1) is 12.2. The predicted octanol–water partition coefficient (Wildman–Crippen LogP) is 1.80. The SMILES string of the molecule is COc1nccc(N2CCC(CC(=O)NCc3ccccn3)CC2)n1. The highest BCUT2D eigenvalue weighted by Crippen LogP contribution is 2.24. The summed E-state index contributed by atoms with van der Waals surface area (Å²) in [5, 5.41) is 2.95. The van der Waals surface area contributed by atoms with E-state index in [0.29, 0.717) is 24.9 Å². The van der Waals surface area contributed by atoms with Crippen LogP contribution >= 0.6 is 0 Å². The fraction of sp³-hybridized carbons (Fsp3) is 0.444. The summed E-state index contributed by atoms with van der Waals surface area (Å²) in [6.45, 7) is 2.26. The smallest absolute Gasteiger partial charge is 0.318 e. The van der Waals surface area contributed by atoms with E-state index >= 15 is 0 Å². The summed E-state index contributed by atoms with van der Waals surface area (Å²) >= 11 is 0. The molecule has 3 rings (SSSR count). The van der Waals surface area contributed by atoms with Crippen LogP contribution in [0.15, 0.2) is 36.7 Å². The van der Waals surface area contributed by atoms with Crippen molar-refractivity contribution in [1.82, 2.24) is 20.3 Å². The number of piperidine rings is 1. The van der Waals surface area contributed by atoms with Gasteiger partial charge in [0, 0.05) is 31.9 Å². The number of methoxy groups -OCH3 is 1. The zero-order chi connectivity index (χ0) is 17.5. The average molecular weight is 341 g/mol. The molecule has 132 valence electrons. The van der Waals surface area contributed by atoms with E-state index in [4.69, 9.17) is 4.74 Å². The van der Waals surface area contributed by atoms with Crippen LogP contribution < -0.4 is 15.0 Å². The molecule has 2 aromatic rings. The van der Waals surface area contributed by atoms with Crippen LogP contribution in [0.2, 0.25) is 0 Å². The number of carbonyl (C=O) groups excluding carboxylic acids is 1. The van der Waals surface area contributed by atoms with Crippen molar-refractivity contribution in [3.63, 3.8) is 0 Å². The maximum absolute atomic E-state index is 12.1. The average Bonchev–Trinajstić information content (AvgIpc) is 2.68. The summed E-state index contributed by atoms with van der Waals surface area (Å²) in [7, 11) is 1.56. The van der Waals surface area contributed by atoms with Gasteiger partial charge in [-0.05, 0) is 37.0 Å². The Labute approximate surface area is 147 Å². The molecule has 0 atom stereocenters. The number of nitrogens with zero attached hydrogens (tertiary/aromatic N) is 4. The Bertz CT molecular complexity index is 687. The number of amides is 1. The highest BCUT2D eigenvalue weighted by atomic mass is 16.5. The molecule has 0 aromatic carbocycles. The molecule has 7 heteroatoms. The first kappa shape index (κ1) is 17.1. The molecule has 1 N–H and O–H groups in total. The Morgan fingerprint density at radius 2 is 2.08 bits per heavy atom. The number of hydrogen-bond acceptors (Lipinski definition) is 6. The molecule has 1 amide bonds. The lowest BCUT2D eigenvalue weighted by Gasteiger charge is -2.32. The van der Waals surface area contributed by atoms with Crippen LogP contribution in [0, 0.1) is 5.92 Å². The van der Waals surface area contributed by atoms with Crippen molar-refractivity contribution in [3.8, 4) is 6.01 Å². The quantitative estimate of drug-likeness (QED) is 0.863. The van der Waals surface area contributed by atoms with Crippen LogP contribution in [0.25, 0.3) is 0 Å². The van der Waals surface area contributed by atoms with Crippen molar-refractivity contribution in [2.75, 3.05) is 25.1 Å². The van der Waals surface area contributed by atoms with Crippen molar-refractivity contribution in [1.29, 1.82) is 0 Å². The van der Waals surface area contributed by atoms with Gasteiger partial charge < -0.3 is 15.0 Å². The second-order valence-electron chi connectivity index (χ2n) is 6.13. The van der Waals surface area contributed by atoms with Crippen LogP contribution in [0.1, 0.15) is 25.0 Å². The molecule has 7 nitrogen and oxygen atoms in total. The predicted molar refractivity (Wildman–Crippen MR) is 94.2 cm³/mol. The van der Waals surface area contributed by atoms with Gasteiger partial charge in [0.1, 0.15) is 5.82 Å². The summed E-state index contributed by atoms with van der Waals surface area (Å²) in [6.07, 6.45) is 5.96. The van der Waals surface area contributed by atoms with E-state index in [9.17, 15) is 4.79 Å². The third-order valence-electron chi connectivity index (χ3n) is 4.41. The summed E-state index contributed by atoms with van der Waals surface area (Å²) in [5.74, 6) is 1.38. The molecule has 0 unspecified atom stereocenters. The number of anilines is 1. The van der Waals surface area contributed by atoms with Crippen molar-refractivity contribution in [2.45, 2.75) is 25.8 Å². The van der Waals surface area contributed by atoms with E-state index in [0.717, 1.165) is 37.4 Å². The highest BCUT2D eigenvalue weighted by molar-refractivity contribution is 5.76. The van der Waals surface area contributed by atoms with Crippen LogP contribution in [0.5, 0.6) is 6.01 Å². The minimum absolute atomic E-state index is 0.0906. The highest BCUT2D eigenvalue weighted by Gasteiger charge is 2.22. The molecule has 1 saturated heterocycles. The zero-order valence-corrected chi connectivity index (χ0v) is 14.4. The van der Waals surface area contributed by atoms with Crippen LogP contribution in [-0.2, 0) is 11.3 Å².